The van der Waals surface area contributed by atoms with Crippen LogP contribution in [0.1, 0.15) is 30.2 Å². The fourth-order valence-corrected chi connectivity index (χ4v) is 3.81. The lowest BCUT2D eigenvalue weighted by Crippen LogP contribution is -2.12. The second kappa shape index (κ2) is 4.36. The molecule has 0 radical (unpaired) electrons. The van der Waals surface area contributed by atoms with Gasteiger partial charge in [-0.05, 0) is 55.0 Å². The van der Waals surface area contributed by atoms with Gasteiger partial charge in [0.25, 0.3) is 0 Å². The standard InChI is InChI=1S/C12H17BrS/c1-8-5-10(7-14-8)6-11-3-4-12(13)9(11)2/h5,7,9,11-12H,3-4,6H2,1-2H3. The Morgan fingerprint density at radius 3 is 2.79 bits per heavy atom. The Morgan fingerprint density at radius 2 is 2.29 bits per heavy atom. The molecular weight excluding hydrogens is 256 g/mol. The maximum atomic E-state index is 3.77. The predicted octanol–water partition coefficient (Wildman–Crippen LogP) is 4.41. The lowest BCUT2D eigenvalue weighted by molar-refractivity contribution is 0.424. The minimum Gasteiger partial charge on any atom is -0.149 e. The van der Waals surface area contributed by atoms with Crippen molar-refractivity contribution in [2.75, 3.05) is 0 Å². The molecule has 14 heavy (non-hydrogen) atoms. The van der Waals surface area contributed by atoms with Crippen LogP contribution < -0.4 is 0 Å². The van der Waals surface area contributed by atoms with Crippen molar-refractivity contribution in [1.82, 2.24) is 0 Å². The summed E-state index contributed by atoms with van der Waals surface area (Å²) < 4.78 is 0. The Hall–Kier alpha value is 0.180. The Morgan fingerprint density at radius 1 is 1.50 bits per heavy atom. The summed E-state index contributed by atoms with van der Waals surface area (Å²) in [5.74, 6) is 1.74. The van der Waals surface area contributed by atoms with E-state index in [1.807, 2.05) is 11.3 Å². The first-order valence-corrected chi connectivity index (χ1v) is 7.14. The normalized spacial score (nSPS) is 32.4. The van der Waals surface area contributed by atoms with Crippen LogP contribution in [0, 0.1) is 18.8 Å². The quantitative estimate of drug-likeness (QED) is 0.700. The zero-order valence-corrected chi connectivity index (χ0v) is 11.2. The predicted molar refractivity (Wildman–Crippen MR) is 67.4 cm³/mol. The largest absolute Gasteiger partial charge is 0.149 e. The maximum absolute atomic E-state index is 3.77. The molecule has 1 saturated carbocycles. The zero-order chi connectivity index (χ0) is 10.1. The van der Waals surface area contributed by atoms with Gasteiger partial charge in [-0.3, -0.25) is 0 Å². The first kappa shape index (κ1) is 10.7. The van der Waals surface area contributed by atoms with E-state index in [2.05, 4.69) is 41.2 Å². The van der Waals surface area contributed by atoms with Crippen molar-refractivity contribution in [2.45, 2.75) is 37.9 Å². The summed E-state index contributed by atoms with van der Waals surface area (Å²) in [6.45, 7) is 4.58. The van der Waals surface area contributed by atoms with E-state index >= 15 is 0 Å². The molecule has 1 aliphatic rings. The van der Waals surface area contributed by atoms with Crippen LogP contribution in [0.25, 0.3) is 0 Å². The van der Waals surface area contributed by atoms with Gasteiger partial charge in [0, 0.05) is 9.70 Å². The first-order chi connectivity index (χ1) is 6.66. The summed E-state index contributed by atoms with van der Waals surface area (Å²) in [6.07, 6.45) is 4.04. The van der Waals surface area contributed by atoms with Crippen LogP contribution in [0.5, 0.6) is 0 Å². The van der Waals surface area contributed by atoms with Crippen LogP contribution in [0.3, 0.4) is 0 Å². The Balaban J connectivity index is 1.98. The van der Waals surface area contributed by atoms with Crippen LogP contribution in [-0.2, 0) is 6.42 Å². The number of thiophene rings is 1. The molecule has 0 nitrogen and oxygen atoms in total. The van der Waals surface area contributed by atoms with Crippen molar-refractivity contribution in [3.63, 3.8) is 0 Å². The molecule has 1 aromatic rings. The van der Waals surface area contributed by atoms with Gasteiger partial charge < -0.3 is 0 Å². The van der Waals surface area contributed by atoms with Gasteiger partial charge in [-0.15, -0.1) is 11.3 Å². The monoisotopic (exact) mass is 272 g/mol. The van der Waals surface area contributed by atoms with Crippen molar-refractivity contribution >= 4 is 27.3 Å². The SMILES string of the molecule is Cc1cc(CC2CCC(Br)C2C)cs1. The average Bonchev–Trinajstić information content (AvgIpc) is 2.67. The fraction of sp³-hybridized carbons (Fsp3) is 0.667. The number of halogens is 1. The van der Waals surface area contributed by atoms with Crippen LogP contribution in [-0.4, -0.2) is 4.83 Å². The number of hydrogen-bond donors (Lipinski definition) is 0. The van der Waals surface area contributed by atoms with Crippen molar-refractivity contribution in [3.8, 4) is 0 Å². The molecule has 3 atom stereocenters. The summed E-state index contributed by atoms with van der Waals surface area (Å²) in [5, 5.41) is 2.32. The molecule has 1 heterocycles. The third-order valence-electron chi connectivity index (χ3n) is 3.41. The second-order valence-electron chi connectivity index (χ2n) is 4.48. The molecule has 0 bridgehead atoms. The van der Waals surface area contributed by atoms with Gasteiger partial charge in [0.1, 0.15) is 0 Å². The topological polar surface area (TPSA) is 0 Å². The third-order valence-corrected chi connectivity index (χ3v) is 5.61. The average molecular weight is 273 g/mol. The summed E-state index contributed by atoms with van der Waals surface area (Å²) in [6, 6.07) is 2.35. The molecule has 1 aromatic heterocycles. The third kappa shape index (κ3) is 2.22. The summed E-state index contributed by atoms with van der Waals surface area (Å²) in [7, 11) is 0. The molecule has 3 unspecified atom stereocenters. The summed E-state index contributed by atoms with van der Waals surface area (Å²) in [4.78, 5) is 2.20. The highest BCUT2D eigenvalue weighted by Crippen LogP contribution is 2.38. The van der Waals surface area contributed by atoms with Gasteiger partial charge in [0.2, 0.25) is 0 Å². The molecule has 0 aliphatic heterocycles. The molecule has 0 saturated heterocycles. The number of hydrogen-bond acceptors (Lipinski definition) is 1. The van der Waals surface area contributed by atoms with E-state index in [4.69, 9.17) is 0 Å². The van der Waals surface area contributed by atoms with Crippen LogP contribution in [0.15, 0.2) is 11.4 Å². The molecule has 0 aromatic carbocycles. The molecule has 78 valence electrons. The molecule has 2 heteroatoms. The van der Waals surface area contributed by atoms with Gasteiger partial charge in [-0.1, -0.05) is 22.9 Å². The molecule has 0 N–H and O–H groups in total. The number of rotatable bonds is 2. The molecule has 0 amide bonds. The zero-order valence-electron chi connectivity index (χ0n) is 8.79. The Bertz CT molecular complexity index is 305. The van der Waals surface area contributed by atoms with E-state index in [-0.39, 0.29) is 0 Å². The smallest absolute Gasteiger partial charge is 0.0174 e. The van der Waals surface area contributed by atoms with E-state index in [1.165, 1.54) is 24.1 Å². The molecule has 2 rings (SSSR count). The van der Waals surface area contributed by atoms with Crippen LogP contribution >= 0.6 is 27.3 Å². The molecule has 1 aliphatic carbocycles. The van der Waals surface area contributed by atoms with Crippen molar-refractivity contribution in [3.05, 3.63) is 21.9 Å². The van der Waals surface area contributed by atoms with Crippen molar-refractivity contribution in [1.29, 1.82) is 0 Å². The first-order valence-electron chi connectivity index (χ1n) is 5.35. The summed E-state index contributed by atoms with van der Waals surface area (Å²) >= 11 is 5.64. The van der Waals surface area contributed by atoms with E-state index in [9.17, 15) is 0 Å². The van der Waals surface area contributed by atoms with Gasteiger partial charge in [0.15, 0.2) is 0 Å². The molecule has 0 spiro atoms. The number of alkyl halides is 1. The van der Waals surface area contributed by atoms with Crippen molar-refractivity contribution in [2.24, 2.45) is 11.8 Å². The van der Waals surface area contributed by atoms with Gasteiger partial charge in [-0.25, -0.2) is 0 Å². The summed E-state index contributed by atoms with van der Waals surface area (Å²) in [5.41, 5.74) is 1.55. The lowest BCUT2D eigenvalue weighted by atomic mass is 9.92. The molecular formula is C12H17BrS. The lowest BCUT2D eigenvalue weighted by Gasteiger charge is -2.16. The highest BCUT2D eigenvalue weighted by molar-refractivity contribution is 9.09. The van der Waals surface area contributed by atoms with Crippen LogP contribution in [0.2, 0.25) is 0 Å². The van der Waals surface area contributed by atoms with Crippen molar-refractivity contribution < 1.29 is 0 Å². The Kier molecular flexibility index (Phi) is 3.33. The van der Waals surface area contributed by atoms with E-state index in [0.717, 1.165) is 16.7 Å². The Labute approximate surface area is 98.9 Å². The number of aryl methyl sites for hydroxylation is 1. The van der Waals surface area contributed by atoms with Gasteiger partial charge in [-0.2, -0.15) is 0 Å². The minimum atomic E-state index is 0.757. The van der Waals surface area contributed by atoms with Gasteiger partial charge >= 0.3 is 0 Å². The minimum absolute atomic E-state index is 0.757. The van der Waals surface area contributed by atoms with E-state index < -0.39 is 0 Å². The van der Waals surface area contributed by atoms with Gasteiger partial charge in [0.05, 0.1) is 0 Å². The van der Waals surface area contributed by atoms with E-state index in [0.29, 0.717) is 0 Å². The fourth-order valence-electron chi connectivity index (χ4n) is 2.39. The molecule has 1 fully saturated rings. The highest BCUT2D eigenvalue weighted by atomic mass is 79.9. The highest BCUT2D eigenvalue weighted by Gasteiger charge is 2.30. The maximum Gasteiger partial charge on any atom is 0.0174 e. The van der Waals surface area contributed by atoms with E-state index in [1.54, 1.807) is 5.56 Å². The second-order valence-corrected chi connectivity index (χ2v) is 6.77. The van der Waals surface area contributed by atoms with Crippen LogP contribution in [0.4, 0.5) is 0 Å².